The molecule has 0 aliphatic carbocycles. The van der Waals surface area contributed by atoms with Crippen LogP contribution in [0, 0.1) is 11.8 Å². The Bertz CT molecular complexity index is 205. The van der Waals surface area contributed by atoms with E-state index in [1.165, 1.54) is 0 Å². The highest BCUT2D eigenvalue weighted by Crippen LogP contribution is 2.22. The minimum absolute atomic E-state index is 0.582. The zero-order valence-electron chi connectivity index (χ0n) is 11.3. The molecule has 2 heterocycles. The fourth-order valence-corrected chi connectivity index (χ4v) is 2.58. The van der Waals surface area contributed by atoms with Crippen molar-refractivity contribution in [1.29, 1.82) is 0 Å². The Morgan fingerprint density at radius 2 is 1.06 bits per heavy atom. The van der Waals surface area contributed by atoms with Gasteiger partial charge in [-0.25, -0.2) is 0 Å². The predicted molar refractivity (Wildman–Crippen MR) is 67.8 cm³/mol. The van der Waals surface area contributed by atoms with Crippen LogP contribution in [0.1, 0.15) is 0 Å². The van der Waals surface area contributed by atoms with Gasteiger partial charge in [0.2, 0.25) is 0 Å². The topological polar surface area (TPSA) is 40.2 Å². The summed E-state index contributed by atoms with van der Waals surface area (Å²) >= 11 is 0. The molecule has 0 aromatic heterocycles. The van der Waals surface area contributed by atoms with Crippen molar-refractivity contribution >= 4 is 0 Å². The summed E-state index contributed by atoms with van der Waals surface area (Å²) in [5.74, 6) is 1.16. The van der Waals surface area contributed by atoms with Crippen molar-refractivity contribution in [1.82, 2.24) is 4.90 Å². The monoisotopic (exact) mass is 259 g/mol. The van der Waals surface area contributed by atoms with E-state index in [9.17, 15) is 0 Å². The first-order valence-electron chi connectivity index (χ1n) is 6.86. The van der Waals surface area contributed by atoms with Crippen LogP contribution in [0.3, 0.4) is 0 Å². The standard InChI is InChI=1S/C13H25NO4/c1-14-8-12-10-17-6-4-15-2-3-16-5-7-18-11-13(12)9-14/h12-13H,2-11H2,1H3. The average Bonchev–Trinajstić information content (AvgIpc) is 2.71. The Morgan fingerprint density at radius 3 is 1.50 bits per heavy atom. The van der Waals surface area contributed by atoms with Crippen molar-refractivity contribution in [2.24, 2.45) is 11.8 Å². The Kier molecular flexibility index (Phi) is 6.37. The van der Waals surface area contributed by atoms with Crippen LogP contribution in [-0.4, -0.2) is 77.9 Å². The van der Waals surface area contributed by atoms with Gasteiger partial charge in [0.05, 0.1) is 52.9 Å². The molecule has 0 spiro atoms. The van der Waals surface area contributed by atoms with Crippen molar-refractivity contribution in [3.8, 4) is 0 Å². The van der Waals surface area contributed by atoms with Crippen LogP contribution in [0.5, 0.6) is 0 Å². The lowest BCUT2D eigenvalue weighted by Crippen LogP contribution is -2.25. The molecule has 0 bridgehead atoms. The zero-order valence-corrected chi connectivity index (χ0v) is 11.3. The Labute approximate surface area is 109 Å². The van der Waals surface area contributed by atoms with E-state index >= 15 is 0 Å². The van der Waals surface area contributed by atoms with Crippen molar-refractivity contribution in [3.05, 3.63) is 0 Å². The number of hydrogen-bond donors (Lipinski definition) is 0. The second-order valence-electron chi connectivity index (χ2n) is 5.12. The molecule has 18 heavy (non-hydrogen) atoms. The molecule has 0 saturated carbocycles. The van der Waals surface area contributed by atoms with E-state index in [4.69, 9.17) is 18.9 Å². The lowest BCUT2D eigenvalue weighted by molar-refractivity contribution is -0.0254. The van der Waals surface area contributed by atoms with Gasteiger partial charge in [0.1, 0.15) is 0 Å². The molecule has 5 heteroatoms. The molecule has 2 rings (SSSR count). The van der Waals surface area contributed by atoms with Gasteiger partial charge in [-0.2, -0.15) is 0 Å². The Hall–Kier alpha value is -0.200. The quantitative estimate of drug-likeness (QED) is 0.623. The van der Waals surface area contributed by atoms with Gasteiger partial charge < -0.3 is 23.8 Å². The normalized spacial score (nSPS) is 33.8. The molecule has 0 N–H and O–H groups in total. The van der Waals surface area contributed by atoms with Crippen molar-refractivity contribution in [2.45, 2.75) is 0 Å². The number of fused-ring (bicyclic) bond motifs is 1. The van der Waals surface area contributed by atoms with Crippen molar-refractivity contribution < 1.29 is 18.9 Å². The first-order chi connectivity index (χ1) is 8.86. The van der Waals surface area contributed by atoms with Crippen LogP contribution >= 0.6 is 0 Å². The summed E-state index contributed by atoms with van der Waals surface area (Å²) in [6.45, 7) is 7.78. The minimum atomic E-state index is 0.582. The van der Waals surface area contributed by atoms with Crippen LogP contribution in [0.2, 0.25) is 0 Å². The largest absolute Gasteiger partial charge is 0.379 e. The maximum Gasteiger partial charge on any atom is 0.0701 e. The van der Waals surface area contributed by atoms with Crippen LogP contribution in [0.15, 0.2) is 0 Å². The molecule has 0 aromatic rings. The number of ether oxygens (including phenoxy) is 4. The molecular formula is C13H25NO4. The predicted octanol–water partition coefficient (Wildman–Crippen LogP) is 0.244. The van der Waals surface area contributed by atoms with Crippen LogP contribution in [-0.2, 0) is 18.9 Å². The Balaban J connectivity index is 1.76. The molecule has 2 saturated heterocycles. The first kappa shape index (κ1) is 14.2. The van der Waals surface area contributed by atoms with Gasteiger partial charge in [-0.3, -0.25) is 0 Å². The molecule has 2 atom stereocenters. The second kappa shape index (κ2) is 8.07. The fourth-order valence-electron chi connectivity index (χ4n) is 2.58. The summed E-state index contributed by atoms with van der Waals surface area (Å²) in [5.41, 5.74) is 0. The zero-order chi connectivity index (χ0) is 12.6. The molecule has 2 aliphatic heterocycles. The van der Waals surface area contributed by atoms with E-state index in [0.29, 0.717) is 51.5 Å². The summed E-state index contributed by atoms with van der Waals surface area (Å²) in [6, 6.07) is 0. The summed E-state index contributed by atoms with van der Waals surface area (Å²) in [4.78, 5) is 2.35. The van der Waals surface area contributed by atoms with E-state index < -0.39 is 0 Å². The highest BCUT2D eigenvalue weighted by atomic mass is 16.6. The van der Waals surface area contributed by atoms with Gasteiger partial charge in [-0.1, -0.05) is 0 Å². The van der Waals surface area contributed by atoms with Gasteiger partial charge in [-0.05, 0) is 7.05 Å². The number of likely N-dealkylation sites (tertiary alicyclic amines) is 1. The van der Waals surface area contributed by atoms with Gasteiger partial charge in [0, 0.05) is 24.9 Å². The highest BCUT2D eigenvalue weighted by Gasteiger charge is 2.30. The average molecular weight is 259 g/mol. The van der Waals surface area contributed by atoms with E-state index in [0.717, 1.165) is 26.3 Å². The second-order valence-corrected chi connectivity index (χ2v) is 5.12. The molecule has 0 amide bonds. The van der Waals surface area contributed by atoms with Crippen molar-refractivity contribution in [2.75, 3.05) is 73.0 Å². The van der Waals surface area contributed by atoms with Crippen LogP contribution < -0.4 is 0 Å². The van der Waals surface area contributed by atoms with Gasteiger partial charge in [-0.15, -0.1) is 0 Å². The van der Waals surface area contributed by atoms with Crippen LogP contribution in [0.4, 0.5) is 0 Å². The van der Waals surface area contributed by atoms with E-state index in [1.54, 1.807) is 0 Å². The van der Waals surface area contributed by atoms with Gasteiger partial charge >= 0.3 is 0 Å². The fraction of sp³-hybridized carbons (Fsp3) is 1.00. The van der Waals surface area contributed by atoms with E-state index in [-0.39, 0.29) is 0 Å². The summed E-state index contributed by atoms with van der Waals surface area (Å²) in [6.07, 6.45) is 0. The minimum Gasteiger partial charge on any atom is -0.379 e. The summed E-state index contributed by atoms with van der Waals surface area (Å²) < 4.78 is 22.2. The van der Waals surface area contributed by atoms with Crippen molar-refractivity contribution in [3.63, 3.8) is 0 Å². The number of nitrogens with zero attached hydrogens (tertiary/aromatic N) is 1. The number of hydrogen-bond acceptors (Lipinski definition) is 5. The summed E-state index contributed by atoms with van der Waals surface area (Å²) in [5, 5.41) is 0. The molecule has 2 aliphatic rings. The lowest BCUT2D eigenvalue weighted by atomic mass is 9.98. The molecule has 0 radical (unpaired) electrons. The third-order valence-electron chi connectivity index (χ3n) is 3.54. The number of rotatable bonds is 0. The van der Waals surface area contributed by atoms with E-state index in [2.05, 4.69) is 11.9 Å². The Morgan fingerprint density at radius 1 is 0.667 bits per heavy atom. The first-order valence-corrected chi connectivity index (χ1v) is 6.86. The SMILES string of the molecule is CN1CC2COCCOCCOCCOCC2C1. The highest BCUT2D eigenvalue weighted by molar-refractivity contribution is 4.82. The summed E-state index contributed by atoms with van der Waals surface area (Å²) in [7, 11) is 2.16. The third-order valence-corrected chi connectivity index (χ3v) is 3.54. The molecule has 0 aromatic carbocycles. The molecule has 106 valence electrons. The molecule has 2 unspecified atom stereocenters. The van der Waals surface area contributed by atoms with Gasteiger partial charge in [0.15, 0.2) is 0 Å². The van der Waals surface area contributed by atoms with Crippen LogP contribution in [0.25, 0.3) is 0 Å². The maximum atomic E-state index is 5.69. The smallest absolute Gasteiger partial charge is 0.0701 e. The lowest BCUT2D eigenvalue weighted by Gasteiger charge is -2.19. The third kappa shape index (κ3) is 4.82. The van der Waals surface area contributed by atoms with Gasteiger partial charge in [0.25, 0.3) is 0 Å². The molecular weight excluding hydrogens is 234 g/mol. The van der Waals surface area contributed by atoms with E-state index in [1.807, 2.05) is 0 Å². The molecule has 5 nitrogen and oxygen atoms in total. The maximum absolute atomic E-state index is 5.69. The molecule has 2 fully saturated rings.